The average molecular weight is 773 g/mol. The second-order valence-electron chi connectivity index (χ2n) is 11.9. The standard InChI is InChI=1S/C42H60O13/c43-41(44)16-17-45-18-19-46-20-21-47-22-23-48-24-25-49-26-27-50-28-29-51-30-31-52-32-33-53-34-35-54-36-37-55-42(38-10-4-1-5-11-38,39-12-6-2-7-13-39)40-14-8-3-9-15-40/h1-15H,16-37H2,(H,43,44). The third-order valence-corrected chi connectivity index (χ3v) is 7.90. The Morgan fingerprint density at radius 2 is 0.564 bits per heavy atom. The van der Waals surface area contributed by atoms with Crippen molar-refractivity contribution < 1.29 is 62.0 Å². The fourth-order valence-corrected chi connectivity index (χ4v) is 5.26. The highest BCUT2D eigenvalue weighted by Crippen LogP contribution is 2.40. The fourth-order valence-electron chi connectivity index (χ4n) is 5.26. The summed E-state index contributed by atoms with van der Waals surface area (Å²) in [5, 5.41) is 8.51. The Hall–Kier alpha value is -3.31. The van der Waals surface area contributed by atoms with E-state index in [0.717, 1.165) is 16.7 Å². The first-order valence-electron chi connectivity index (χ1n) is 19.0. The second kappa shape index (κ2) is 31.8. The monoisotopic (exact) mass is 772 g/mol. The molecule has 0 heterocycles. The Morgan fingerprint density at radius 1 is 0.345 bits per heavy atom. The van der Waals surface area contributed by atoms with E-state index in [1.54, 1.807) is 0 Å². The van der Waals surface area contributed by atoms with Gasteiger partial charge in [-0.1, -0.05) is 91.0 Å². The normalized spacial score (nSPS) is 11.6. The Kier molecular flexibility index (Phi) is 26.7. The molecule has 306 valence electrons. The van der Waals surface area contributed by atoms with Crippen molar-refractivity contribution in [2.45, 2.75) is 12.0 Å². The molecule has 0 atom stereocenters. The molecule has 1 N–H and O–H groups in total. The maximum Gasteiger partial charge on any atom is 0.305 e. The van der Waals surface area contributed by atoms with Crippen molar-refractivity contribution in [1.29, 1.82) is 0 Å². The quantitative estimate of drug-likeness (QED) is 0.0644. The molecule has 0 bridgehead atoms. The summed E-state index contributed by atoms with van der Waals surface area (Å²) in [5.74, 6) is -0.875. The SMILES string of the molecule is O=C(O)CCOCCOCCOCCOCCOCCOCCOCCOCCOCCOCCOC(c1ccccc1)(c1ccccc1)c1ccccc1. The van der Waals surface area contributed by atoms with Gasteiger partial charge in [0.1, 0.15) is 5.60 Å². The van der Waals surface area contributed by atoms with Crippen molar-refractivity contribution in [1.82, 2.24) is 0 Å². The van der Waals surface area contributed by atoms with Crippen LogP contribution in [0.3, 0.4) is 0 Å². The lowest BCUT2D eigenvalue weighted by Crippen LogP contribution is -2.34. The van der Waals surface area contributed by atoms with Crippen LogP contribution in [0, 0.1) is 0 Å². The molecule has 0 aliphatic rings. The van der Waals surface area contributed by atoms with Crippen molar-refractivity contribution in [3.63, 3.8) is 0 Å². The molecular formula is C42H60O13. The van der Waals surface area contributed by atoms with Crippen LogP contribution in [0.4, 0.5) is 0 Å². The molecule has 3 rings (SSSR count). The molecule has 0 fully saturated rings. The maximum absolute atomic E-state index is 10.4. The summed E-state index contributed by atoms with van der Waals surface area (Å²) < 4.78 is 61.7. The predicted octanol–water partition coefficient (Wildman–Crippen LogP) is 4.64. The van der Waals surface area contributed by atoms with Crippen LogP contribution < -0.4 is 0 Å². The molecule has 13 heteroatoms. The topological polar surface area (TPSA) is 139 Å². The third kappa shape index (κ3) is 21.0. The van der Waals surface area contributed by atoms with Gasteiger partial charge < -0.3 is 57.2 Å². The van der Waals surface area contributed by atoms with Crippen LogP contribution in [0.25, 0.3) is 0 Å². The van der Waals surface area contributed by atoms with E-state index in [-0.39, 0.29) is 13.0 Å². The van der Waals surface area contributed by atoms with Gasteiger partial charge in [-0.05, 0) is 16.7 Å². The minimum atomic E-state index is -0.875. The lowest BCUT2D eigenvalue weighted by atomic mass is 9.80. The molecule has 0 spiro atoms. The van der Waals surface area contributed by atoms with E-state index in [1.165, 1.54) is 0 Å². The number of carbonyl (C=O) groups is 1. The number of hydrogen-bond acceptors (Lipinski definition) is 12. The summed E-state index contributed by atoms with van der Waals surface area (Å²) in [5.41, 5.74) is 2.43. The lowest BCUT2D eigenvalue weighted by Gasteiger charge is -2.36. The van der Waals surface area contributed by atoms with Crippen molar-refractivity contribution in [2.24, 2.45) is 0 Å². The van der Waals surface area contributed by atoms with Crippen LogP contribution in [0.2, 0.25) is 0 Å². The van der Waals surface area contributed by atoms with Crippen LogP contribution in [-0.2, 0) is 62.5 Å². The van der Waals surface area contributed by atoms with E-state index in [9.17, 15) is 4.79 Å². The summed E-state index contributed by atoms with van der Waals surface area (Å²) in [7, 11) is 0. The highest BCUT2D eigenvalue weighted by Gasteiger charge is 2.37. The third-order valence-electron chi connectivity index (χ3n) is 7.90. The summed E-state index contributed by atoms with van der Waals surface area (Å²) >= 11 is 0. The highest BCUT2D eigenvalue weighted by atomic mass is 16.6. The van der Waals surface area contributed by atoms with Crippen LogP contribution in [-0.4, -0.2) is 150 Å². The van der Waals surface area contributed by atoms with Gasteiger partial charge in [-0.15, -0.1) is 0 Å². The van der Waals surface area contributed by atoms with E-state index in [0.29, 0.717) is 132 Å². The predicted molar refractivity (Wildman–Crippen MR) is 206 cm³/mol. The smallest absolute Gasteiger partial charge is 0.305 e. The number of hydrogen-bond donors (Lipinski definition) is 1. The van der Waals surface area contributed by atoms with Gasteiger partial charge in [0.05, 0.1) is 145 Å². The van der Waals surface area contributed by atoms with Gasteiger partial charge in [0.15, 0.2) is 0 Å². The number of rotatable bonds is 37. The molecule has 0 saturated carbocycles. The number of carboxylic acids is 1. The van der Waals surface area contributed by atoms with Crippen LogP contribution in [0.15, 0.2) is 91.0 Å². The van der Waals surface area contributed by atoms with Crippen LogP contribution in [0.1, 0.15) is 23.1 Å². The molecule has 0 aliphatic carbocycles. The van der Waals surface area contributed by atoms with E-state index in [4.69, 9.17) is 57.2 Å². The van der Waals surface area contributed by atoms with Crippen molar-refractivity contribution in [3.05, 3.63) is 108 Å². The van der Waals surface area contributed by atoms with E-state index in [1.807, 2.05) is 54.6 Å². The highest BCUT2D eigenvalue weighted by molar-refractivity contribution is 5.66. The van der Waals surface area contributed by atoms with Crippen LogP contribution in [0.5, 0.6) is 0 Å². The first kappa shape index (κ1) is 46.1. The van der Waals surface area contributed by atoms with Gasteiger partial charge in [0.25, 0.3) is 0 Å². The van der Waals surface area contributed by atoms with Gasteiger partial charge in [-0.2, -0.15) is 0 Å². The molecule has 55 heavy (non-hydrogen) atoms. The van der Waals surface area contributed by atoms with Crippen molar-refractivity contribution >= 4 is 5.97 Å². The number of ether oxygens (including phenoxy) is 11. The molecule has 0 unspecified atom stereocenters. The molecule has 3 aromatic carbocycles. The van der Waals surface area contributed by atoms with Gasteiger partial charge in [0, 0.05) is 0 Å². The molecule has 0 aliphatic heterocycles. The van der Waals surface area contributed by atoms with E-state index < -0.39 is 11.6 Å². The van der Waals surface area contributed by atoms with Gasteiger partial charge in [-0.25, -0.2) is 0 Å². The first-order chi connectivity index (χ1) is 27.2. The Morgan fingerprint density at radius 3 is 0.800 bits per heavy atom. The summed E-state index contributed by atoms with van der Waals surface area (Å²) in [6.45, 7) is 9.41. The minimum Gasteiger partial charge on any atom is -0.481 e. The summed E-state index contributed by atoms with van der Waals surface area (Å²) in [6, 6.07) is 30.9. The lowest BCUT2D eigenvalue weighted by molar-refractivity contribution is -0.138. The molecule has 0 amide bonds. The molecule has 0 saturated heterocycles. The zero-order valence-electron chi connectivity index (χ0n) is 32.1. The van der Waals surface area contributed by atoms with Crippen molar-refractivity contribution in [2.75, 3.05) is 139 Å². The molecule has 3 aromatic rings. The zero-order chi connectivity index (χ0) is 38.8. The molecule has 0 radical (unpaired) electrons. The van der Waals surface area contributed by atoms with Crippen molar-refractivity contribution in [3.8, 4) is 0 Å². The van der Waals surface area contributed by atoms with Gasteiger partial charge >= 0.3 is 5.97 Å². The molecule has 13 nitrogen and oxygen atoms in total. The number of aliphatic carboxylic acids is 1. The first-order valence-corrected chi connectivity index (χ1v) is 19.0. The summed E-state index contributed by atoms with van der Waals surface area (Å²) in [6.07, 6.45) is -0.00474. The second-order valence-corrected chi connectivity index (χ2v) is 11.9. The minimum absolute atomic E-state index is 0.00474. The van der Waals surface area contributed by atoms with E-state index in [2.05, 4.69) is 36.4 Å². The van der Waals surface area contributed by atoms with Gasteiger partial charge in [0.2, 0.25) is 0 Å². The Labute approximate surface area is 326 Å². The fraction of sp³-hybridized carbons (Fsp3) is 0.548. The maximum atomic E-state index is 10.4. The van der Waals surface area contributed by atoms with E-state index >= 15 is 0 Å². The van der Waals surface area contributed by atoms with Gasteiger partial charge in [-0.3, -0.25) is 4.79 Å². The Bertz CT molecular complexity index is 1200. The van der Waals surface area contributed by atoms with Crippen LogP contribution >= 0.6 is 0 Å². The summed E-state index contributed by atoms with van der Waals surface area (Å²) in [4.78, 5) is 10.4. The average Bonchev–Trinajstić information content (AvgIpc) is 3.22. The molecular weight excluding hydrogens is 712 g/mol. The largest absolute Gasteiger partial charge is 0.481 e. The Balaban J connectivity index is 1.06. The number of carboxylic acid groups (broad SMARTS) is 1. The number of benzene rings is 3. The molecule has 0 aromatic heterocycles. The zero-order valence-corrected chi connectivity index (χ0v) is 32.1.